The Kier molecular flexibility index (Phi) is 13.9. The summed E-state index contributed by atoms with van der Waals surface area (Å²) in [6, 6.07) is 0.400. The van der Waals surface area contributed by atoms with Crippen LogP contribution >= 0.6 is 24.0 Å². The first-order chi connectivity index (χ1) is 13.7. The zero-order valence-electron chi connectivity index (χ0n) is 20.0. The summed E-state index contributed by atoms with van der Waals surface area (Å²) in [6.45, 7) is 14.3. The maximum atomic E-state index is 12.3. The first-order valence-corrected chi connectivity index (χ1v) is 10.9. The van der Waals surface area contributed by atoms with Crippen molar-refractivity contribution in [3.8, 4) is 0 Å². The van der Waals surface area contributed by atoms with E-state index in [4.69, 9.17) is 9.47 Å². The Balaban J connectivity index is 0.00000841. The molecule has 1 amide bonds. The van der Waals surface area contributed by atoms with Crippen LogP contribution in [0.2, 0.25) is 0 Å². The van der Waals surface area contributed by atoms with Gasteiger partial charge in [-0.1, -0.05) is 13.8 Å². The number of halogens is 1. The van der Waals surface area contributed by atoms with Gasteiger partial charge in [0.1, 0.15) is 5.60 Å². The SMILES string of the molecule is CCC(CC)(CNC(=NC)NC1CCN(CCOC)CC1)NC(=O)OC(C)(C)C.I. The second-order valence-corrected chi connectivity index (χ2v) is 8.79. The van der Waals surface area contributed by atoms with E-state index >= 15 is 0 Å². The summed E-state index contributed by atoms with van der Waals surface area (Å²) in [6.07, 6.45) is 3.37. The van der Waals surface area contributed by atoms with E-state index in [2.05, 4.69) is 39.7 Å². The molecule has 0 aromatic carbocycles. The second kappa shape index (κ2) is 14.3. The van der Waals surface area contributed by atoms with Crippen LogP contribution in [0.25, 0.3) is 0 Å². The van der Waals surface area contributed by atoms with Crippen LogP contribution in [0.5, 0.6) is 0 Å². The lowest BCUT2D eigenvalue weighted by atomic mass is 9.93. The molecule has 1 rings (SSSR count). The van der Waals surface area contributed by atoms with Gasteiger partial charge >= 0.3 is 6.09 Å². The summed E-state index contributed by atoms with van der Waals surface area (Å²) in [5.41, 5.74) is -0.899. The van der Waals surface area contributed by atoms with Gasteiger partial charge in [-0.3, -0.25) is 4.99 Å². The number of likely N-dealkylation sites (tertiary alicyclic amines) is 1. The van der Waals surface area contributed by atoms with E-state index in [0.717, 1.165) is 57.9 Å². The molecule has 1 heterocycles. The molecule has 178 valence electrons. The Bertz CT molecular complexity index is 513. The van der Waals surface area contributed by atoms with Crippen molar-refractivity contribution in [3.63, 3.8) is 0 Å². The standard InChI is InChI=1S/C21H43N5O3.HI/c1-8-21(9-2,25-19(27)29-20(3,4)5)16-23-18(22-6)24-17-10-12-26(13-11-17)14-15-28-7;/h17H,8-16H2,1-7H3,(H,25,27)(H2,22,23,24);1H. The Hall–Kier alpha value is -0.810. The molecule has 8 nitrogen and oxygen atoms in total. The molecule has 0 saturated carbocycles. The van der Waals surface area contributed by atoms with E-state index in [9.17, 15) is 4.79 Å². The number of alkyl carbamates (subject to hydrolysis) is 1. The Morgan fingerprint density at radius 3 is 2.23 bits per heavy atom. The smallest absolute Gasteiger partial charge is 0.408 e. The number of nitrogens with one attached hydrogen (secondary N) is 3. The topological polar surface area (TPSA) is 87.2 Å². The predicted molar refractivity (Wildman–Crippen MR) is 134 cm³/mol. The number of ether oxygens (including phenoxy) is 2. The maximum absolute atomic E-state index is 12.3. The zero-order valence-corrected chi connectivity index (χ0v) is 22.3. The molecule has 0 radical (unpaired) electrons. The lowest BCUT2D eigenvalue weighted by Gasteiger charge is -2.36. The lowest BCUT2D eigenvalue weighted by molar-refractivity contribution is 0.0448. The highest BCUT2D eigenvalue weighted by Gasteiger charge is 2.31. The van der Waals surface area contributed by atoms with Crippen LogP contribution in [0.4, 0.5) is 4.79 Å². The molecular formula is C21H44IN5O3. The molecule has 1 fully saturated rings. The monoisotopic (exact) mass is 541 g/mol. The normalized spacial score (nSPS) is 16.6. The molecule has 3 N–H and O–H groups in total. The van der Waals surface area contributed by atoms with Crippen molar-refractivity contribution in [2.45, 2.75) is 77.5 Å². The molecule has 0 aromatic heterocycles. The van der Waals surface area contributed by atoms with E-state index in [0.29, 0.717) is 12.6 Å². The van der Waals surface area contributed by atoms with Crippen LogP contribution in [-0.2, 0) is 9.47 Å². The van der Waals surface area contributed by atoms with E-state index in [1.54, 1.807) is 14.2 Å². The van der Waals surface area contributed by atoms with Gasteiger partial charge in [-0.05, 0) is 46.5 Å². The summed E-state index contributed by atoms with van der Waals surface area (Å²) >= 11 is 0. The summed E-state index contributed by atoms with van der Waals surface area (Å²) in [5.74, 6) is 0.776. The summed E-state index contributed by atoms with van der Waals surface area (Å²) in [4.78, 5) is 19.1. The van der Waals surface area contributed by atoms with Crippen LogP contribution in [0.15, 0.2) is 4.99 Å². The van der Waals surface area contributed by atoms with Crippen LogP contribution in [0, 0.1) is 0 Å². The maximum Gasteiger partial charge on any atom is 0.408 e. The molecule has 1 aliphatic rings. The van der Waals surface area contributed by atoms with Crippen LogP contribution in [0.1, 0.15) is 60.3 Å². The van der Waals surface area contributed by atoms with Crippen molar-refractivity contribution >= 4 is 36.0 Å². The first kappa shape index (κ1) is 29.2. The van der Waals surface area contributed by atoms with Crippen molar-refractivity contribution in [2.24, 2.45) is 4.99 Å². The second-order valence-electron chi connectivity index (χ2n) is 8.79. The van der Waals surface area contributed by atoms with Crippen LogP contribution in [0.3, 0.4) is 0 Å². The fourth-order valence-electron chi connectivity index (χ4n) is 3.40. The molecule has 0 aliphatic carbocycles. The predicted octanol–water partition coefficient (Wildman–Crippen LogP) is 2.96. The van der Waals surface area contributed by atoms with Crippen molar-refractivity contribution in [1.82, 2.24) is 20.9 Å². The van der Waals surface area contributed by atoms with Gasteiger partial charge in [-0.15, -0.1) is 24.0 Å². The lowest BCUT2D eigenvalue weighted by Crippen LogP contribution is -2.58. The van der Waals surface area contributed by atoms with Gasteiger partial charge in [-0.25, -0.2) is 4.79 Å². The van der Waals surface area contributed by atoms with Crippen LogP contribution in [-0.4, -0.2) is 81.1 Å². The summed E-state index contributed by atoms with van der Waals surface area (Å²) < 4.78 is 10.6. The molecule has 0 bridgehead atoms. The quantitative estimate of drug-likeness (QED) is 0.237. The van der Waals surface area contributed by atoms with E-state index in [-0.39, 0.29) is 35.6 Å². The van der Waals surface area contributed by atoms with Gasteiger partial charge in [-0.2, -0.15) is 0 Å². The Morgan fingerprint density at radius 2 is 1.77 bits per heavy atom. The number of carbonyl (C=O) groups excluding carboxylic acids is 1. The molecule has 0 aromatic rings. The van der Waals surface area contributed by atoms with Gasteiger partial charge in [0.05, 0.1) is 12.1 Å². The minimum atomic E-state index is -0.513. The van der Waals surface area contributed by atoms with E-state index in [1.165, 1.54) is 0 Å². The van der Waals surface area contributed by atoms with Crippen molar-refractivity contribution < 1.29 is 14.3 Å². The van der Waals surface area contributed by atoms with Crippen molar-refractivity contribution in [3.05, 3.63) is 0 Å². The van der Waals surface area contributed by atoms with Gasteiger partial charge in [0.2, 0.25) is 0 Å². The molecule has 9 heteroatoms. The van der Waals surface area contributed by atoms with Crippen molar-refractivity contribution in [1.29, 1.82) is 0 Å². The van der Waals surface area contributed by atoms with Gasteiger partial charge in [0.15, 0.2) is 5.96 Å². The number of amides is 1. The third kappa shape index (κ3) is 11.0. The number of hydrogen-bond acceptors (Lipinski definition) is 5. The number of aliphatic imine (C=N–C) groups is 1. The Morgan fingerprint density at radius 1 is 1.17 bits per heavy atom. The number of guanidine groups is 1. The largest absolute Gasteiger partial charge is 0.444 e. The number of rotatable bonds is 9. The third-order valence-electron chi connectivity index (χ3n) is 5.48. The molecule has 1 aliphatic heterocycles. The molecule has 30 heavy (non-hydrogen) atoms. The number of methoxy groups -OCH3 is 1. The highest BCUT2D eigenvalue weighted by molar-refractivity contribution is 14.0. The van der Waals surface area contributed by atoms with Gasteiger partial charge < -0.3 is 30.3 Å². The average Bonchev–Trinajstić information content (AvgIpc) is 2.68. The first-order valence-electron chi connectivity index (χ1n) is 10.9. The number of carbonyl (C=O) groups is 1. The number of hydrogen-bond donors (Lipinski definition) is 3. The van der Waals surface area contributed by atoms with Crippen molar-refractivity contribution in [2.75, 3.05) is 46.9 Å². The van der Waals surface area contributed by atoms with Gasteiger partial charge in [0.25, 0.3) is 0 Å². The average molecular weight is 542 g/mol. The minimum Gasteiger partial charge on any atom is -0.444 e. The molecule has 0 unspecified atom stereocenters. The zero-order chi connectivity index (χ0) is 21.9. The molecule has 0 atom stereocenters. The van der Waals surface area contributed by atoms with Crippen LogP contribution < -0.4 is 16.0 Å². The number of nitrogens with zero attached hydrogens (tertiary/aromatic N) is 2. The minimum absolute atomic E-state index is 0. The fraction of sp³-hybridized carbons (Fsp3) is 0.905. The van der Waals surface area contributed by atoms with Gasteiger partial charge in [0, 0.05) is 46.4 Å². The number of piperidine rings is 1. The van der Waals surface area contributed by atoms with E-state index < -0.39 is 5.60 Å². The third-order valence-corrected chi connectivity index (χ3v) is 5.48. The van der Waals surface area contributed by atoms with E-state index in [1.807, 2.05) is 20.8 Å². The summed E-state index contributed by atoms with van der Waals surface area (Å²) in [5, 5.41) is 10.0. The highest BCUT2D eigenvalue weighted by Crippen LogP contribution is 2.16. The molecular weight excluding hydrogens is 497 g/mol. The Labute approximate surface area is 200 Å². The molecule has 1 saturated heterocycles. The molecule has 0 spiro atoms. The highest BCUT2D eigenvalue weighted by atomic mass is 127. The summed E-state index contributed by atoms with van der Waals surface area (Å²) in [7, 11) is 3.53. The fourth-order valence-corrected chi connectivity index (χ4v) is 3.40.